The number of nitrogens with zero attached hydrogens (tertiary/aromatic N) is 4. The SMILES string of the molecule is C1=Cc2nc1c(-c1ccccc1)c1ccc([n-]1)c(-c1ccccc1)c1nc(c(-c3ccccc3)c3ccc([n-]3)c2-c2ccccc2)C=C1.CC(=O)[O-].[Gd+3]. The van der Waals surface area contributed by atoms with Crippen LogP contribution in [-0.2, 0) is 4.79 Å². The summed E-state index contributed by atoms with van der Waals surface area (Å²) >= 11 is 0. The summed E-state index contributed by atoms with van der Waals surface area (Å²) in [7, 11) is 0. The van der Waals surface area contributed by atoms with E-state index in [1.807, 2.05) is 24.3 Å². The quantitative estimate of drug-likeness (QED) is 0.176. The molecule has 5 heterocycles. The van der Waals surface area contributed by atoms with Crippen LogP contribution >= 0.6 is 0 Å². The molecule has 2 aliphatic rings. The summed E-state index contributed by atoms with van der Waals surface area (Å²) in [6.45, 7) is 0.972. The number of carboxylic acid groups (broad SMARTS) is 1. The second kappa shape index (κ2) is 15.9. The average Bonchev–Trinajstić information content (AvgIpc) is 4.01. The molecule has 3 aromatic heterocycles. The van der Waals surface area contributed by atoms with Crippen molar-refractivity contribution in [1.29, 1.82) is 0 Å². The molecule has 0 saturated carbocycles. The Morgan fingerprint density at radius 1 is 0.415 bits per heavy atom. The van der Waals surface area contributed by atoms with Gasteiger partial charge in [-0.25, -0.2) is 9.97 Å². The molecule has 4 aromatic carbocycles. The molecule has 1 radical (unpaired) electrons. The third-order valence-electron chi connectivity index (χ3n) is 8.86. The van der Waals surface area contributed by atoms with Crippen LogP contribution < -0.4 is 15.1 Å². The maximum absolute atomic E-state index is 8.89. The molecule has 0 atom stereocenters. The smallest absolute Gasteiger partial charge is 0.657 e. The molecule has 0 aliphatic carbocycles. The number of fused-ring (bicyclic) bond motifs is 8. The van der Waals surface area contributed by atoms with E-state index >= 15 is 0 Å². The normalized spacial score (nSPS) is 11.3. The van der Waals surface area contributed by atoms with Crippen molar-refractivity contribution in [3.63, 3.8) is 0 Å². The number of aliphatic carboxylic acids is 1. The zero-order valence-corrected chi connectivity index (χ0v) is 30.9. The summed E-state index contributed by atoms with van der Waals surface area (Å²) < 4.78 is 0. The van der Waals surface area contributed by atoms with Crippen molar-refractivity contribution in [3.05, 3.63) is 168 Å². The van der Waals surface area contributed by atoms with Gasteiger partial charge in [0.05, 0.1) is 22.8 Å². The first-order valence-corrected chi connectivity index (χ1v) is 17.0. The summed E-state index contributed by atoms with van der Waals surface area (Å²) in [5, 5.41) is 8.89. The third-order valence-corrected chi connectivity index (χ3v) is 8.86. The van der Waals surface area contributed by atoms with Gasteiger partial charge in [0.2, 0.25) is 0 Å². The van der Waals surface area contributed by atoms with Gasteiger partial charge in [0.1, 0.15) is 0 Å². The Kier molecular flexibility index (Phi) is 10.7. The molecule has 9 rings (SSSR count). The molecule has 255 valence electrons. The summed E-state index contributed by atoms with van der Waals surface area (Å²) in [6.07, 6.45) is 8.41. The van der Waals surface area contributed by atoms with E-state index in [2.05, 4.69) is 146 Å². The number of aromatic nitrogens is 4. The van der Waals surface area contributed by atoms with E-state index in [1.165, 1.54) is 0 Å². The molecule has 0 amide bonds. The topological polar surface area (TPSA) is 94.1 Å². The minimum atomic E-state index is -1.08. The molecule has 7 heteroatoms. The van der Waals surface area contributed by atoms with E-state index in [4.69, 9.17) is 29.8 Å². The van der Waals surface area contributed by atoms with E-state index in [-0.39, 0.29) is 39.9 Å². The molecular formula is C46H31GdN4O2. The summed E-state index contributed by atoms with van der Waals surface area (Å²) in [4.78, 5) is 30.1. The molecule has 7 aromatic rings. The number of carbonyl (C=O) groups is 1. The van der Waals surface area contributed by atoms with Gasteiger partial charge >= 0.3 is 39.9 Å². The zero-order valence-electron chi connectivity index (χ0n) is 28.6. The minimum absolute atomic E-state index is 0. The Labute approximate surface area is 339 Å². The van der Waals surface area contributed by atoms with Crippen molar-refractivity contribution in [2.24, 2.45) is 0 Å². The molecule has 6 nitrogen and oxygen atoms in total. The predicted molar refractivity (Wildman–Crippen MR) is 209 cm³/mol. The standard InChI is InChI=1S/C44H28N4.C2H4O2.Gd/c1-5-13-29(14-6-1)41-33-21-23-35(45-33)42(30-15-7-2-8-16-30)37-25-27-39(47-37)44(32-19-11-4-12-20-32)40-28-26-38(48-40)43(31-17-9-3-10-18-31)36-24-22-34(41)46-36;1-2(3)4;/h1-28H;1H3,(H,3,4);/q-2;;+3/p-1. The molecule has 8 bridgehead atoms. The zero-order chi connectivity index (χ0) is 35.4. The predicted octanol–water partition coefficient (Wildman–Crippen LogP) is 9.34. The maximum Gasteiger partial charge on any atom is 3.00 e. The number of benzene rings is 4. The van der Waals surface area contributed by atoms with Crippen LogP contribution in [0.2, 0.25) is 0 Å². The fourth-order valence-electron chi connectivity index (χ4n) is 6.69. The number of rotatable bonds is 4. The van der Waals surface area contributed by atoms with E-state index in [0.29, 0.717) is 0 Å². The largest absolute Gasteiger partial charge is 3.00 e. The van der Waals surface area contributed by atoms with E-state index in [0.717, 1.165) is 96.3 Å². The van der Waals surface area contributed by atoms with Gasteiger partial charge in [-0.05, 0) is 75.7 Å². The third kappa shape index (κ3) is 7.46. The van der Waals surface area contributed by atoms with E-state index in [9.17, 15) is 0 Å². The molecule has 53 heavy (non-hydrogen) atoms. The second-order valence-electron chi connectivity index (χ2n) is 12.3. The number of hydrogen-bond donors (Lipinski definition) is 0. The fourth-order valence-corrected chi connectivity index (χ4v) is 6.69. The molecule has 0 N–H and O–H groups in total. The van der Waals surface area contributed by atoms with Crippen LogP contribution in [0.5, 0.6) is 0 Å². The number of hydrogen-bond acceptors (Lipinski definition) is 4. The summed E-state index contributed by atoms with van der Waals surface area (Å²) in [6, 6.07) is 50.0. The molecule has 0 fully saturated rings. The van der Waals surface area contributed by atoms with E-state index in [1.54, 1.807) is 0 Å². The van der Waals surface area contributed by atoms with Gasteiger partial charge in [0, 0.05) is 5.97 Å². The Hall–Kier alpha value is -5.73. The van der Waals surface area contributed by atoms with Gasteiger partial charge < -0.3 is 19.9 Å². The Bertz CT molecular complexity index is 2290. The van der Waals surface area contributed by atoms with Crippen molar-refractivity contribution < 1.29 is 49.8 Å². The number of carbonyl (C=O) groups excluding carboxylic acids is 1. The van der Waals surface area contributed by atoms with Crippen LogP contribution in [0.25, 0.3) is 90.9 Å². The first-order chi connectivity index (χ1) is 25.5. The van der Waals surface area contributed by atoms with Gasteiger partial charge in [0.15, 0.2) is 0 Å². The van der Waals surface area contributed by atoms with Crippen LogP contribution in [0.4, 0.5) is 0 Å². The van der Waals surface area contributed by atoms with Crippen molar-refractivity contribution in [3.8, 4) is 44.5 Å². The number of carboxylic acids is 1. The monoisotopic (exact) mass is 829 g/mol. The van der Waals surface area contributed by atoms with Gasteiger partial charge in [-0.15, -0.1) is 22.1 Å². The van der Waals surface area contributed by atoms with Gasteiger partial charge in [-0.1, -0.05) is 146 Å². The van der Waals surface area contributed by atoms with Crippen molar-refractivity contribution in [2.75, 3.05) is 0 Å². The van der Waals surface area contributed by atoms with Crippen LogP contribution in [0.1, 0.15) is 29.7 Å². The minimum Gasteiger partial charge on any atom is -0.657 e. The van der Waals surface area contributed by atoms with Crippen molar-refractivity contribution >= 4 is 52.3 Å². The van der Waals surface area contributed by atoms with Gasteiger partial charge in [0.25, 0.3) is 0 Å². The van der Waals surface area contributed by atoms with Gasteiger partial charge in [-0.3, -0.25) is 0 Å². The molecule has 0 saturated heterocycles. The second-order valence-corrected chi connectivity index (χ2v) is 12.3. The van der Waals surface area contributed by atoms with Crippen LogP contribution in [-0.4, -0.2) is 15.9 Å². The average molecular weight is 829 g/mol. The fraction of sp³-hybridized carbons (Fsp3) is 0.0217. The summed E-state index contributed by atoms with van der Waals surface area (Å²) in [5.74, 6) is -1.08. The molecule has 0 spiro atoms. The van der Waals surface area contributed by atoms with Crippen molar-refractivity contribution in [1.82, 2.24) is 19.9 Å². The summed E-state index contributed by atoms with van der Waals surface area (Å²) in [5.41, 5.74) is 15.0. The van der Waals surface area contributed by atoms with Crippen LogP contribution in [0, 0.1) is 39.9 Å². The van der Waals surface area contributed by atoms with E-state index < -0.39 is 5.97 Å². The van der Waals surface area contributed by atoms with Crippen LogP contribution in [0.3, 0.4) is 0 Å². The Morgan fingerprint density at radius 2 is 0.623 bits per heavy atom. The van der Waals surface area contributed by atoms with Crippen molar-refractivity contribution in [2.45, 2.75) is 6.92 Å². The molecule has 2 aliphatic heterocycles. The first-order valence-electron chi connectivity index (χ1n) is 17.0. The molecule has 0 unspecified atom stereocenters. The maximum atomic E-state index is 8.89. The Morgan fingerprint density at radius 3 is 0.830 bits per heavy atom. The van der Waals surface area contributed by atoms with Crippen LogP contribution in [0.15, 0.2) is 146 Å². The van der Waals surface area contributed by atoms with Gasteiger partial charge in [-0.2, -0.15) is 0 Å². The first kappa shape index (κ1) is 35.7. The molecular weight excluding hydrogens is 798 g/mol. The Balaban J connectivity index is 0.000000831.